The summed E-state index contributed by atoms with van der Waals surface area (Å²) in [5.41, 5.74) is 1.59. The molecule has 0 amide bonds. The molecule has 0 atom stereocenters. The van der Waals surface area contributed by atoms with Crippen LogP contribution in [0.4, 0.5) is 11.5 Å². The third-order valence-electron chi connectivity index (χ3n) is 3.71. The SMILES string of the molecule is Cc1cc2c(Nc3ccccc3O)nc(-c3ccccc3)nc2s1. The van der Waals surface area contributed by atoms with E-state index in [0.29, 0.717) is 17.3 Å². The van der Waals surface area contributed by atoms with Crippen LogP contribution >= 0.6 is 11.3 Å². The number of phenols is 1. The van der Waals surface area contributed by atoms with Gasteiger partial charge in [-0.3, -0.25) is 0 Å². The van der Waals surface area contributed by atoms with Crippen LogP contribution in [-0.2, 0) is 0 Å². The minimum atomic E-state index is 0.192. The Morgan fingerprint density at radius 2 is 1.71 bits per heavy atom. The smallest absolute Gasteiger partial charge is 0.163 e. The van der Waals surface area contributed by atoms with E-state index < -0.39 is 0 Å². The average Bonchev–Trinajstić information content (AvgIpc) is 2.98. The van der Waals surface area contributed by atoms with Gasteiger partial charge in [-0.15, -0.1) is 11.3 Å². The monoisotopic (exact) mass is 333 g/mol. The molecule has 0 aliphatic rings. The van der Waals surface area contributed by atoms with Crippen LogP contribution in [0.5, 0.6) is 5.75 Å². The van der Waals surface area contributed by atoms with Gasteiger partial charge in [0.2, 0.25) is 0 Å². The van der Waals surface area contributed by atoms with Gasteiger partial charge in [-0.1, -0.05) is 42.5 Å². The summed E-state index contributed by atoms with van der Waals surface area (Å²) in [4.78, 5) is 11.5. The van der Waals surface area contributed by atoms with E-state index in [0.717, 1.165) is 15.8 Å². The number of benzene rings is 2. The summed E-state index contributed by atoms with van der Waals surface area (Å²) in [6.45, 7) is 2.05. The van der Waals surface area contributed by atoms with Crippen molar-refractivity contribution in [3.05, 3.63) is 65.5 Å². The van der Waals surface area contributed by atoms with Crippen LogP contribution in [0.15, 0.2) is 60.7 Å². The van der Waals surface area contributed by atoms with Crippen LogP contribution in [0.25, 0.3) is 21.6 Å². The first-order valence-corrected chi connectivity index (χ1v) is 8.41. The van der Waals surface area contributed by atoms with Gasteiger partial charge < -0.3 is 10.4 Å². The third kappa shape index (κ3) is 2.70. The van der Waals surface area contributed by atoms with Gasteiger partial charge in [-0.25, -0.2) is 9.97 Å². The first kappa shape index (κ1) is 14.7. The highest BCUT2D eigenvalue weighted by Gasteiger charge is 2.13. The number of aromatic nitrogens is 2. The highest BCUT2D eigenvalue weighted by molar-refractivity contribution is 7.18. The third-order valence-corrected chi connectivity index (χ3v) is 4.65. The number of anilines is 2. The zero-order valence-corrected chi connectivity index (χ0v) is 13.8. The summed E-state index contributed by atoms with van der Waals surface area (Å²) in [5.74, 6) is 1.56. The molecule has 0 saturated heterocycles. The molecule has 0 bridgehead atoms. The minimum Gasteiger partial charge on any atom is -0.506 e. The fourth-order valence-electron chi connectivity index (χ4n) is 2.56. The van der Waals surface area contributed by atoms with E-state index >= 15 is 0 Å². The maximum atomic E-state index is 10.0. The predicted molar refractivity (Wildman–Crippen MR) is 99.0 cm³/mol. The highest BCUT2D eigenvalue weighted by atomic mass is 32.1. The number of thiophene rings is 1. The molecular formula is C19H15N3OS. The molecule has 0 radical (unpaired) electrons. The van der Waals surface area contributed by atoms with E-state index in [2.05, 4.69) is 18.3 Å². The van der Waals surface area contributed by atoms with Gasteiger partial charge in [0.1, 0.15) is 16.4 Å². The Bertz CT molecular complexity index is 1010. The number of hydrogen-bond donors (Lipinski definition) is 2. The van der Waals surface area contributed by atoms with E-state index in [-0.39, 0.29) is 5.75 Å². The maximum Gasteiger partial charge on any atom is 0.163 e. The van der Waals surface area contributed by atoms with E-state index in [1.807, 2.05) is 42.5 Å². The summed E-state index contributed by atoms with van der Waals surface area (Å²) in [6, 6.07) is 19.1. The van der Waals surface area contributed by atoms with Crippen LogP contribution in [-0.4, -0.2) is 15.1 Å². The number of hydrogen-bond acceptors (Lipinski definition) is 5. The van der Waals surface area contributed by atoms with Gasteiger partial charge in [-0.05, 0) is 25.1 Å². The lowest BCUT2D eigenvalue weighted by molar-refractivity contribution is 0.478. The van der Waals surface area contributed by atoms with Crippen LogP contribution < -0.4 is 5.32 Å². The summed E-state index contributed by atoms with van der Waals surface area (Å²) in [5, 5.41) is 14.2. The van der Waals surface area contributed by atoms with E-state index in [1.165, 1.54) is 4.88 Å². The van der Waals surface area contributed by atoms with Gasteiger partial charge in [-0.2, -0.15) is 0 Å². The molecule has 4 rings (SSSR count). The second-order valence-corrected chi connectivity index (χ2v) is 6.71. The Morgan fingerprint density at radius 1 is 0.958 bits per heavy atom. The van der Waals surface area contributed by atoms with Crippen molar-refractivity contribution < 1.29 is 5.11 Å². The fourth-order valence-corrected chi connectivity index (χ4v) is 3.44. The van der Waals surface area contributed by atoms with Crippen molar-refractivity contribution in [2.45, 2.75) is 6.92 Å². The number of nitrogens with zero attached hydrogens (tertiary/aromatic N) is 2. The maximum absolute atomic E-state index is 10.0. The minimum absolute atomic E-state index is 0.192. The Kier molecular flexibility index (Phi) is 3.63. The highest BCUT2D eigenvalue weighted by Crippen LogP contribution is 2.34. The number of phenolic OH excluding ortho intramolecular Hbond substituents is 1. The number of fused-ring (bicyclic) bond motifs is 1. The van der Waals surface area contributed by atoms with Crippen molar-refractivity contribution in [1.82, 2.24) is 9.97 Å². The molecule has 0 spiro atoms. The van der Waals surface area contributed by atoms with Crippen LogP contribution in [0.3, 0.4) is 0 Å². The van der Waals surface area contributed by atoms with Crippen molar-refractivity contribution in [3.8, 4) is 17.1 Å². The van der Waals surface area contributed by atoms with Gasteiger partial charge in [0, 0.05) is 10.4 Å². The van der Waals surface area contributed by atoms with Crippen molar-refractivity contribution in [2.75, 3.05) is 5.32 Å². The van der Waals surface area contributed by atoms with E-state index in [1.54, 1.807) is 23.5 Å². The lowest BCUT2D eigenvalue weighted by Crippen LogP contribution is -1.98. The first-order chi connectivity index (χ1) is 11.7. The largest absolute Gasteiger partial charge is 0.506 e. The van der Waals surface area contributed by atoms with E-state index in [4.69, 9.17) is 9.97 Å². The van der Waals surface area contributed by atoms with Crippen molar-refractivity contribution >= 4 is 33.1 Å². The van der Waals surface area contributed by atoms with Gasteiger partial charge >= 0.3 is 0 Å². The van der Waals surface area contributed by atoms with Gasteiger partial charge in [0.25, 0.3) is 0 Å². The molecule has 0 aliphatic heterocycles. The predicted octanol–water partition coefficient (Wildman–Crippen LogP) is 5.12. The zero-order valence-electron chi connectivity index (χ0n) is 13.0. The van der Waals surface area contributed by atoms with Crippen molar-refractivity contribution in [2.24, 2.45) is 0 Å². The van der Waals surface area contributed by atoms with Crippen LogP contribution in [0.2, 0.25) is 0 Å². The Morgan fingerprint density at radius 3 is 2.50 bits per heavy atom. The Labute approximate surface area is 143 Å². The summed E-state index contributed by atoms with van der Waals surface area (Å²) >= 11 is 1.64. The quantitative estimate of drug-likeness (QED) is 0.511. The summed E-state index contributed by atoms with van der Waals surface area (Å²) in [7, 11) is 0. The number of aryl methyl sites for hydroxylation is 1. The number of aromatic hydroxyl groups is 1. The Hall–Kier alpha value is -2.92. The van der Waals surface area contributed by atoms with Crippen molar-refractivity contribution in [3.63, 3.8) is 0 Å². The van der Waals surface area contributed by atoms with Crippen LogP contribution in [0.1, 0.15) is 4.88 Å². The van der Waals surface area contributed by atoms with Crippen molar-refractivity contribution in [1.29, 1.82) is 0 Å². The van der Waals surface area contributed by atoms with Crippen LogP contribution in [0, 0.1) is 6.92 Å². The summed E-state index contributed by atoms with van der Waals surface area (Å²) < 4.78 is 0. The molecular weight excluding hydrogens is 318 g/mol. The molecule has 2 aromatic carbocycles. The molecule has 4 nitrogen and oxygen atoms in total. The molecule has 2 aromatic heterocycles. The second-order valence-electron chi connectivity index (χ2n) is 5.48. The number of nitrogens with one attached hydrogen (secondary N) is 1. The molecule has 0 fully saturated rings. The lowest BCUT2D eigenvalue weighted by atomic mass is 10.2. The molecule has 4 aromatic rings. The topological polar surface area (TPSA) is 58.0 Å². The van der Waals surface area contributed by atoms with E-state index in [9.17, 15) is 5.11 Å². The normalized spacial score (nSPS) is 10.9. The fraction of sp³-hybridized carbons (Fsp3) is 0.0526. The molecule has 0 aliphatic carbocycles. The molecule has 0 unspecified atom stereocenters. The molecule has 118 valence electrons. The number of para-hydroxylation sites is 2. The standard InChI is InChI=1S/C19H15N3OS/c1-12-11-14-18(20-15-9-5-6-10-16(15)23)21-17(22-19(14)24-12)13-7-3-2-4-8-13/h2-11,23H,1H3,(H,20,21,22). The summed E-state index contributed by atoms with van der Waals surface area (Å²) in [6.07, 6.45) is 0. The van der Waals surface area contributed by atoms with Gasteiger partial charge in [0.15, 0.2) is 5.82 Å². The number of rotatable bonds is 3. The lowest BCUT2D eigenvalue weighted by Gasteiger charge is -2.10. The molecule has 24 heavy (non-hydrogen) atoms. The van der Waals surface area contributed by atoms with Gasteiger partial charge in [0.05, 0.1) is 11.1 Å². The Balaban J connectivity index is 1.88. The molecule has 2 heterocycles. The first-order valence-electron chi connectivity index (χ1n) is 7.59. The second kappa shape index (κ2) is 5.94. The molecule has 5 heteroatoms. The zero-order chi connectivity index (χ0) is 16.5. The molecule has 0 saturated carbocycles. The molecule has 2 N–H and O–H groups in total. The average molecular weight is 333 g/mol.